The van der Waals surface area contributed by atoms with Gasteiger partial charge < -0.3 is 14.8 Å². The molecule has 3 aromatic rings. The molecule has 5 amide bonds. The fourth-order valence-corrected chi connectivity index (χ4v) is 4.23. The third-order valence-corrected chi connectivity index (χ3v) is 6.52. The monoisotopic (exact) mass is 567 g/mol. The fourth-order valence-electron chi connectivity index (χ4n) is 3.77. The summed E-state index contributed by atoms with van der Waals surface area (Å²) in [6.45, 7) is 3.36. The van der Waals surface area contributed by atoms with Crippen molar-refractivity contribution < 1.29 is 28.7 Å². The maximum absolute atomic E-state index is 13.2. The summed E-state index contributed by atoms with van der Waals surface area (Å²) in [6.07, 6.45) is 1.29. The molecule has 1 aliphatic heterocycles. The van der Waals surface area contributed by atoms with Crippen LogP contribution in [-0.2, 0) is 14.4 Å². The van der Waals surface area contributed by atoms with Gasteiger partial charge in [0, 0.05) is 0 Å². The van der Waals surface area contributed by atoms with E-state index in [0.29, 0.717) is 22.0 Å². The maximum atomic E-state index is 13.2. The predicted octanol–water partition coefficient (Wildman–Crippen LogP) is 5.30. The number of rotatable bonds is 7. The lowest BCUT2D eigenvalue weighted by molar-refractivity contribution is -0.122. The first-order chi connectivity index (χ1) is 18.6. The highest BCUT2D eigenvalue weighted by molar-refractivity contribution is 6.39. The molecule has 1 heterocycles. The van der Waals surface area contributed by atoms with Crippen molar-refractivity contribution in [2.45, 2.75) is 13.8 Å². The van der Waals surface area contributed by atoms with Crippen molar-refractivity contribution in [1.82, 2.24) is 5.32 Å². The molecule has 0 bridgehead atoms. The molecule has 0 unspecified atom stereocenters. The molecule has 0 aromatic heterocycles. The number of hydrogen-bond donors (Lipinski definition) is 2. The van der Waals surface area contributed by atoms with Gasteiger partial charge in [0.05, 0.1) is 28.5 Å². The van der Waals surface area contributed by atoms with Gasteiger partial charge >= 0.3 is 6.03 Å². The van der Waals surface area contributed by atoms with E-state index >= 15 is 0 Å². The summed E-state index contributed by atoms with van der Waals surface area (Å²) in [7, 11) is 1.37. The molecule has 200 valence electrons. The first kappa shape index (κ1) is 27.7. The fraction of sp³-hybridized carbons (Fsp3) is 0.143. The lowest BCUT2D eigenvalue weighted by Crippen LogP contribution is -2.54. The summed E-state index contributed by atoms with van der Waals surface area (Å²) < 4.78 is 11.0. The quantitative estimate of drug-likeness (QED) is 0.295. The van der Waals surface area contributed by atoms with Gasteiger partial charge in [-0.3, -0.25) is 19.7 Å². The summed E-state index contributed by atoms with van der Waals surface area (Å²) in [5, 5.41) is 5.27. The van der Waals surface area contributed by atoms with Crippen LogP contribution in [-0.4, -0.2) is 37.5 Å². The van der Waals surface area contributed by atoms with Crippen LogP contribution in [0.15, 0.2) is 60.2 Å². The lowest BCUT2D eigenvalue weighted by atomic mass is 10.0. The number of halogens is 2. The summed E-state index contributed by atoms with van der Waals surface area (Å²) in [5.41, 5.74) is 2.67. The van der Waals surface area contributed by atoms with Gasteiger partial charge in [-0.1, -0.05) is 41.4 Å². The number of imide groups is 2. The van der Waals surface area contributed by atoms with Crippen LogP contribution in [0, 0.1) is 13.8 Å². The van der Waals surface area contributed by atoms with Crippen molar-refractivity contribution in [2.75, 3.05) is 23.9 Å². The average molecular weight is 568 g/mol. The number of nitrogens with one attached hydrogen (secondary N) is 2. The zero-order valence-corrected chi connectivity index (χ0v) is 22.6. The van der Waals surface area contributed by atoms with E-state index in [1.807, 2.05) is 13.8 Å². The number of methoxy groups -OCH3 is 1. The highest BCUT2D eigenvalue weighted by Crippen LogP contribution is 2.37. The molecule has 0 saturated carbocycles. The van der Waals surface area contributed by atoms with Crippen molar-refractivity contribution in [3.05, 3.63) is 86.9 Å². The van der Waals surface area contributed by atoms with E-state index in [0.717, 1.165) is 16.0 Å². The third kappa shape index (κ3) is 6.05. The van der Waals surface area contributed by atoms with Gasteiger partial charge in [-0.25, -0.2) is 9.69 Å². The minimum Gasteiger partial charge on any atom is -0.493 e. The Morgan fingerprint density at radius 1 is 1.00 bits per heavy atom. The number of benzene rings is 3. The summed E-state index contributed by atoms with van der Waals surface area (Å²) >= 11 is 12.5. The molecule has 4 rings (SSSR count). The average Bonchev–Trinajstić information content (AvgIpc) is 2.89. The van der Waals surface area contributed by atoms with Crippen LogP contribution >= 0.6 is 23.2 Å². The van der Waals surface area contributed by atoms with Gasteiger partial charge in [0.15, 0.2) is 18.1 Å². The maximum Gasteiger partial charge on any atom is 0.335 e. The predicted molar refractivity (Wildman–Crippen MR) is 148 cm³/mol. The van der Waals surface area contributed by atoms with E-state index in [-0.39, 0.29) is 22.1 Å². The van der Waals surface area contributed by atoms with Gasteiger partial charge in [-0.15, -0.1) is 0 Å². The number of urea groups is 1. The zero-order chi connectivity index (χ0) is 28.3. The van der Waals surface area contributed by atoms with Crippen LogP contribution in [0.3, 0.4) is 0 Å². The number of hydrogen-bond acceptors (Lipinski definition) is 6. The number of carbonyl (C=O) groups is 4. The van der Waals surface area contributed by atoms with Gasteiger partial charge in [0.2, 0.25) is 0 Å². The van der Waals surface area contributed by atoms with E-state index in [1.165, 1.54) is 25.3 Å². The van der Waals surface area contributed by atoms with Crippen LogP contribution in [0.1, 0.15) is 16.7 Å². The molecule has 0 aliphatic carbocycles. The topological polar surface area (TPSA) is 114 Å². The summed E-state index contributed by atoms with van der Waals surface area (Å²) in [4.78, 5) is 51.6. The number of aryl methyl sites for hydroxylation is 2. The number of anilines is 2. The second-order valence-corrected chi connectivity index (χ2v) is 9.39. The molecular weight excluding hydrogens is 545 g/mol. The smallest absolute Gasteiger partial charge is 0.335 e. The lowest BCUT2D eigenvalue weighted by Gasteiger charge is -2.27. The Balaban J connectivity index is 1.57. The van der Waals surface area contributed by atoms with E-state index in [9.17, 15) is 19.2 Å². The van der Waals surface area contributed by atoms with Crippen LogP contribution in [0.4, 0.5) is 16.2 Å². The number of para-hydroxylation sites is 1. The van der Waals surface area contributed by atoms with Gasteiger partial charge in [0.25, 0.3) is 17.7 Å². The highest BCUT2D eigenvalue weighted by Gasteiger charge is 2.37. The molecular formula is C28H23Cl2N3O6. The number of nitrogens with zero attached hydrogens (tertiary/aromatic N) is 1. The van der Waals surface area contributed by atoms with Crippen LogP contribution in [0.2, 0.25) is 10.0 Å². The Bertz CT molecular complexity index is 1540. The molecule has 9 nitrogen and oxygen atoms in total. The Kier molecular flexibility index (Phi) is 8.23. The molecule has 2 N–H and O–H groups in total. The molecule has 11 heteroatoms. The molecule has 1 saturated heterocycles. The van der Waals surface area contributed by atoms with Gasteiger partial charge in [-0.05, 0) is 73.0 Å². The van der Waals surface area contributed by atoms with Crippen molar-refractivity contribution in [1.29, 1.82) is 0 Å². The minimum absolute atomic E-state index is 0.0671. The number of ether oxygens (including phenoxy) is 2. The molecule has 0 atom stereocenters. The molecule has 1 aliphatic rings. The third-order valence-electron chi connectivity index (χ3n) is 5.91. The number of carbonyl (C=O) groups excluding carboxylic acids is 4. The summed E-state index contributed by atoms with van der Waals surface area (Å²) in [5.74, 6) is -1.88. The normalized spacial score (nSPS) is 14.3. The second-order valence-electron chi connectivity index (χ2n) is 8.58. The van der Waals surface area contributed by atoms with Crippen molar-refractivity contribution >= 4 is 64.4 Å². The van der Waals surface area contributed by atoms with Crippen LogP contribution in [0.5, 0.6) is 11.5 Å². The zero-order valence-electron chi connectivity index (χ0n) is 21.1. The van der Waals surface area contributed by atoms with Crippen molar-refractivity contribution in [3.63, 3.8) is 0 Å². The van der Waals surface area contributed by atoms with E-state index in [4.69, 9.17) is 32.7 Å². The Morgan fingerprint density at radius 3 is 2.44 bits per heavy atom. The Hall–Kier alpha value is -4.34. The Labute approximate surface area is 234 Å². The van der Waals surface area contributed by atoms with Gasteiger partial charge in [0.1, 0.15) is 5.57 Å². The van der Waals surface area contributed by atoms with E-state index in [1.54, 1.807) is 42.5 Å². The van der Waals surface area contributed by atoms with Gasteiger partial charge in [-0.2, -0.15) is 0 Å². The summed E-state index contributed by atoms with van der Waals surface area (Å²) in [6, 6.07) is 13.9. The molecule has 0 spiro atoms. The second kappa shape index (κ2) is 11.6. The molecule has 39 heavy (non-hydrogen) atoms. The molecule has 3 aromatic carbocycles. The SMILES string of the molecule is COc1cc(/C=C2/C(=O)NC(=O)N(c3ccc(C)c(C)c3)C2=O)cc(Cl)c1OCC(=O)Nc1ccccc1Cl. The number of barbiturate groups is 1. The molecule has 1 fully saturated rings. The van der Waals surface area contributed by atoms with Crippen molar-refractivity contribution in [2.24, 2.45) is 0 Å². The number of amides is 5. The first-order valence-corrected chi connectivity index (χ1v) is 12.4. The van der Waals surface area contributed by atoms with Crippen LogP contribution in [0.25, 0.3) is 6.08 Å². The minimum atomic E-state index is -0.850. The standard InChI is InChI=1S/C28H23Cl2N3O6/c1-15-8-9-18(10-16(15)2)33-27(36)19(26(35)32-28(33)37)11-17-12-21(30)25(23(13-17)38-3)39-14-24(34)31-22-7-5-4-6-20(22)29/h4-13H,14H2,1-3H3,(H,31,34)(H,32,35,37)/b19-11-. The Morgan fingerprint density at radius 2 is 1.74 bits per heavy atom. The van der Waals surface area contributed by atoms with E-state index in [2.05, 4.69) is 10.6 Å². The largest absolute Gasteiger partial charge is 0.493 e. The van der Waals surface area contributed by atoms with Crippen molar-refractivity contribution in [3.8, 4) is 11.5 Å². The first-order valence-electron chi connectivity index (χ1n) is 11.6. The highest BCUT2D eigenvalue weighted by atomic mass is 35.5. The van der Waals surface area contributed by atoms with Crippen LogP contribution < -0.4 is 25.0 Å². The molecule has 0 radical (unpaired) electrons. The van der Waals surface area contributed by atoms with E-state index < -0.39 is 30.4 Å².